The molecule has 3 aromatic rings. The minimum atomic E-state index is 0.429. The van der Waals surface area contributed by atoms with Gasteiger partial charge in [0.25, 0.3) is 0 Å². The lowest BCUT2D eigenvalue weighted by Crippen LogP contribution is -1.95. The van der Waals surface area contributed by atoms with Crippen LogP contribution in [0, 0.1) is 0 Å². The minimum Gasteiger partial charge on any atom is -0.228 e. The second kappa shape index (κ2) is 5.39. The van der Waals surface area contributed by atoms with E-state index in [9.17, 15) is 0 Å². The van der Waals surface area contributed by atoms with Gasteiger partial charge in [0.15, 0.2) is 5.82 Å². The molecule has 3 rings (SSSR count). The number of aromatic nitrogens is 2. The zero-order valence-electron chi connectivity index (χ0n) is 10.9. The van der Waals surface area contributed by atoms with Crippen molar-refractivity contribution < 1.29 is 0 Å². The first-order valence-electron chi connectivity index (χ1n) is 6.40. The molecule has 0 fully saturated rings. The lowest BCUT2D eigenvalue weighted by Gasteiger charge is -2.08. The molecular weight excluding hydrogens is 291 g/mol. The zero-order valence-corrected chi connectivity index (χ0v) is 12.4. The fourth-order valence-electron chi connectivity index (χ4n) is 2.23. The van der Waals surface area contributed by atoms with Crippen molar-refractivity contribution in [1.29, 1.82) is 0 Å². The molecule has 0 aliphatic heterocycles. The summed E-state index contributed by atoms with van der Waals surface area (Å²) in [6, 6.07) is 13.6. The van der Waals surface area contributed by atoms with Gasteiger partial charge in [-0.15, -0.1) is 0 Å². The van der Waals surface area contributed by atoms with E-state index in [-0.39, 0.29) is 0 Å². The lowest BCUT2D eigenvalue weighted by atomic mass is 10.0. The monoisotopic (exact) mass is 302 g/mol. The molecule has 0 radical (unpaired) electrons. The second-order valence-corrected chi connectivity index (χ2v) is 5.30. The van der Waals surface area contributed by atoms with Gasteiger partial charge < -0.3 is 0 Å². The number of rotatable bonds is 2. The van der Waals surface area contributed by atoms with Crippen LogP contribution in [0.15, 0.2) is 42.5 Å². The first kappa shape index (κ1) is 13.3. The summed E-state index contributed by atoms with van der Waals surface area (Å²) in [6.45, 7) is 2.11. The highest BCUT2D eigenvalue weighted by molar-refractivity contribution is 6.35. The van der Waals surface area contributed by atoms with E-state index in [2.05, 4.69) is 23.0 Å². The Hall–Kier alpha value is -1.64. The summed E-state index contributed by atoms with van der Waals surface area (Å²) < 4.78 is 0. The standard InChI is InChI=1S/C16H12Cl2N2/c1-2-10-5-3-4-6-12(10)16-19-14-8-7-11(17)9-13(14)15(18)20-16/h3-9H,2H2,1H3. The molecule has 0 atom stereocenters. The van der Waals surface area contributed by atoms with Crippen LogP contribution in [-0.4, -0.2) is 9.97 Å². The summed E-state index contributed by atoms with van der Waals surface area (Å²) in [5.74, 6) is 0.655. The van der Waals surface area contributed by atoms with Crippen LogP contribution in [0.1, 0.15) is 12.5 Å². The van der Waals surface area contributed by atoms with Gasteiger partial charge in [0.2, 0.25) is 0 Å². The maximum absolute atomic E-state index is 6.27. The maximum atomic E-state index is 6.27. The predicted octanol–water partition coefficient (Wildman–Crippen LogP) is 5.17. The molecule has 0 bridgehead atoms. The lowest BCUT2D eigenvalue weighted by molar-refractivity contribution is 1.12. The Balaban J connectivity index is 2.25. The number of hydrogen-bond acceptors (Lipinski definition) is 2. The van der Waals surface area contributed by atoms with E-state index in [1.165, 1.54) is 5.56 Å². The zero-order chi connectivity index (χ0) is 14.1. The van der Waals surface area contributed by atoms with Gasteiger partial charge >= 0.3 is 0 Å². The van der Waals surface area contributed by atoms with Crippen LogP contribution in [0.2, 0.25) is 10.2 Å². The third-order valence-corrected chi connectivity index (χ3v) is 3.77. The van der Waals surface area contributed by atoms with Crippen molar-refractivity contribution in [1.82, 2.24) is 9.97 Å². The van der Waals surface area contributed by atoms with Gasteiger partial charge in [0.05, 0.1) is 5.52 Å². The molecule has 2 aromatic carbocycles. The van der Waals surface area contributed by atoms with Crippen LogP contribution in [-0.2, 0) is 6.42 Å². The molecule has 0 unspecified atom stereocenters. The highest BCUT2D eigenvalue weighted by Crippen LogP contribution is 2.28. The maximum Gasteiger partial charge on any atom is 0.161 e. The Morgan fingerprint density at radius 2 is 1.80 bits per heavy atom. The normalized spacial score (nSPS) is 10.9. The van der Waals surface area contributed by atoms with Crippen LogP contribution >= 0.6 is 23.2 Å². The van der Waals surface area contributed by atoms with Crippen LogP contribution < -0.4 is 0 Å². The van der Waals surface area contributed by atoms with Gasteiger partial charge in [-0.25, -0.2) is 9.97 Å². The molecular formula is C16H12Cl2N2. The minimum absolute atomic E-state index is 0.429. The molecule has 0 saturated carbocycles. The van der Waals surface area contributed by atoms with E-state index in [0.717, 1.165) is 22.9 Å². The molecule has 2 nitrogen and oxygen atoms in total. The van der Waals surface area contributed by atoms with Crippen molar-refractivity contribution in [3.05, 3.63) is 58.2 Å². The largest absolute Gasteiger partial charge is 0.228 e. The van der Waals surface area contributed by atoms with Gasteiger partial charge in [-0.1, -0.05) is 54.4 Å². The first-order chi connectivity index (χ1) is 9.69. The highest BCUT2D eigenvalue weighted by atomic mass is 35.5. The number of fused-ring (bicyclic) bond motifs is 1. The average Bonchev–Trinajstić information content (AvgIpc) is 2.47. The summed E-state index contributed by atoms with van der Waals surface area (Å²) >= 11 is 12.3. The van der Waals surface area contributed by atoms with Gasteiger partial charge in [-0.3, -0.25) is 0 Å². The second-order valence-electron chi connectivity index (χ2n) is 4.51. The van der Waals surface area contributed by atoms with Crippen LogP contribution in [0.3, 0.4) is 0 Å². The van der Waals surface area contributed by atoms with Crippen molar-refractivity contribution in [2.24, 2.45) is 0 Å². The van der Waals surface area contributed by atoms with E-state index in [4.69, 9.17) is 23.2 Å². The summed E-state index contributed by atoms with van der Waals surface area (Å²) in [5, 5.41) is 1.83. The number of benzene rings is 2. The van der Waals surface area contributed by atoms with Crippen molar-refractivity contribution in [2.45, 2.75) is 13.3 Å². The van der Waals surface area contributed by atoms with Crippen molar-refractivity contribution in [2.75, 3.05) is 0 Å². The van der Waals surface area contributed by atoms with Gasteiger partial charge in [-0.2, -0.15) is 0 Å². The Kier molecular flexibility index (Phi) is 3.60. The van der Waals surface area contributed by atoms with E-state index >= 15 is 0 Å². The third kappa shape index (κ3) is 2.37. The topological polar surface area (TPSA) is 25.8 Å². The van der Waals surface area contributed by atoms with E-state index in [1.807, 2.05) is 30.3 Å². The summed E-state index contributed by atoms with van der Waals surface area (Å²) in [7, 11) is 0. The van der Waals surface area contributed by atoms with Crippen molar-refractivity contribution >= 4 is 34.1 Å². The molecule has 0 spiro atoms. The molecule has 20 heavy (non-hydrogen) atoms. The Morgan fingerprint density at radius 3 is 2.60 bits per heavy atom. The number of halogens is 2. The molecule has 0 aliphatic carbocycles. The number of hydrogen-bond donors (Lipinski definition) is 0. The molecule has 0 amide bonds. The highest BCUT2D eigenvalue weighted by Gasteiger charge is 2.10. The van der Waals surface area contributed by atoms with E-state index < -0.39 is 0 Å². The van der Waals surface area contributed by atoms with Crippen molar-refractivity contribution in [3.63, 3.8) is 0 Å². The van der Waals surface area contributed by atoms with Gasteiger partial charge in [0.1, 0.15) is 5.15 Å². The van der Waals surface area contributed by atoms with Gasteiger partial charge in [0, 0.05) is 16.0 Å². The summed E-state index contributed by atoms with van der Waals surface area (Å²) in [6.07, 6.45) is 0.926. The van der Waals surface area contributed by atoms with Crippen molar-refractivity contribution in [3.8, 4) is 11.4 Å². The van der Waals surface area contributed by atoms with Crippen LogP contribution in [0.4, 0.5) is 0 Å². The fourth-order valence-corrected chi connectivity index (χ4v) is 2.63. The molecule has 0 saturated heterocycles. The fraction of sp³-hybridized carbons (Fsp3) is 0.125. The van der Waals surface area contributed by atoms with Gasteiger partial charge in [-0.05, 0) is 30.2 Å². The molecule has 0 aliphatic rings. The Bertz CT molecular complexity index is 785. The van der Waals surface area contributed by atoms with E-state index in [1.54, 1.807) is 6.07 Å². The van der Waals surface area contributed by atoms with E-state index in [0.29, 0.717) is 16.0 Å². The molecule has 4 heteroatoms. The first-order valence-corrected chi connectivity index (χ1v) is 7.15. The third-order valence-electron chi connectivity index (χ3n) is 3.25. The quantitative estimate of drug-likeness (QED) is 0.611. The summed E-state index contributed by atoms with van der Waals surface area (Å²) in [5.41, 5.74) is 3.03. The van der Waals surface area contributed by atoms with Crippen LogP contribution in [0.25, 0.3) is 22.3 Å². The molecule has 0 N–H and O–H groups in total. The molecule has 100 valence electrons. The number of nitrogens with zero attached hydrogens (tertiary/aromatic N) is 2. The average molecular weight is 303 g/mol. The number of aryl methyl sites for hydroxylation is 1. The van der Waals surface area contributed by atoms with Crippen LogP contribution in [0.5, 0.6) is 0 Å². The molecule has 1 heterocycles. The SMILES string of the molecule is CCc1ccccc1-c1nc(Cl)c2cc(Cl)ccc2n1. The molecule has 1 aromatic heterocycles. The smallest absolute Gasteiger partial charge is 0.161 e. The predicted molar refractivity (Wildman–Crippen MR) is 84.4 cm³/mol. The Labute approximate surface area is 127 Å². The summed E-state index contributed by atoms with van der Waals surface area (Å²) in [4.78, 5) is 9.02. The Morgan fingerprint density at radius 1 is 1.00 bits per heavy atom.